The normalized spacial score (nSPS) is 9.88. The van der Waals surface area contributed by atoms with Gasteiger partial charge in [-0.05, 0) is 18.6 Å². The molecular weight excluding hydrogens is 256 g/mol. The summed E-state index contributed by atoms with van der Waals surface area (Å²) in [5.41, 5.74) is 0.316. The third-order valence-corrected chi connectivity index (χ3v) is 3.39. The van der Waals surface area contributed by atoms with Crippen molar-refractivity contribution in [3.63, 3.8) is 0 Å². The summed E-state index contributed by atoms with van der Waals surface area (Å²) < 4.78 is 0.789. The number of anilines is 1. The number of nitrogens with one attached hydrogen (secondary N) is 1. The van der Waals surface area contributed by atoms with Gasteiger partial charge in [-0.15, -0.1) is 11.3 Å². The van der Waals surface area contributed by atoms with E-state index in [0.717, 1.165) is 10.8 Å². The average Bonchev–Trinajstić information content (AvgIpc) is 2.76. The quantitative estimate of drug-likeness (QED) is 0.922. The van der Waals surface area contributed by atoms with Crippen molar-refractivity contribution in [1.29, 1.82) is 5.26 Å². The monoisotopic (exact) mass is 264 g/mol. The molecule has 0 bridgehead atoms. The first-order valence-electron chi connectivity index (χ1n) is 4.99. The van der Waals surface area contributed by atoms with Gasteiger partial charge in [-0.3, -0.25) is 0 Å². The van der Waals surface area contributed by atoms with Crippen molar-refractivity contribution in [3.05, 3.63) is 39.4 Å². The second kappa shape index (κ2) is 5.62. The maximum atomic E-state index is 8.83. The second-order valence-corrected chi connectivity index (χ2v) is 5.05. The van der Waals surface area contributed by atoms with E-state index < -0.39 is 0 Å². The summed E-state index contributed by atoms with van der Waals surface area (Å²) in [5, 5.41) is 11.9. The van der Waals surface area contributed by atoms with Gasteiger partial charge in [0.05, 0.1) is 4.34 Å². The molecule has 0 aliphatic heterocycles. The maximum absolute atomic E-state index is 8.83. The van der Waals surface area contributed by atoms with Crippen LogP contribution in [-0.4, -0.2) is 16.5 Å². The first-order chi connectivity index (χ1) is 8.29. The fourth-order valence-corrected chi connectivity index (χ4v) is 2.43. The van der Waals surface area contributed by atoms with Crippen LogP contribution in [0.2, 0.25) is 4.34 Å². The summed E-state index contributed by atoms with van der Waals surface area (Å²) in [5.74, 6) is 0.526. The molecule has 0 amide bonds. The van der Waals surface area contributed by atoms with Gasteiger partial charge in [-0.2, -0.15) is 5.26 Å². The number of thiophene rings is 1. The van der Waals surface area contributed by atoms with Gasteiger partial charge in [0.2, 0.25) is 0 Å². The third-order valence-electron chi connectivity index (χ3n) is 2.10. The first kappa shape index (κ1) is 11.8. The summed E-state index contributed by atoms with van der Waals surface area (Å²) >= 11 is 7.39. The molecule has 0 saturated carbocycles. The molecule has 0 spiro atoms. The Bertz CT molecular complexity index is 546. The van der Waals surface area contributed by atoms with Gasteiger partial charge in [0.25, 0.3) is 0 Å². The Morgan fingerprint density at radius 3 is 2.88 bits per heavy atom. The highest BCUT2D eigenvalue weighted by atomic mass is 35.5. The van der Waals surface area contributed by atoms with E-state index in [4.69, 9.17) is 16.9 Å². The van der Waals surface area contributed by atoms with E-state index in [2.05, 4.69) is 15.3 Å². The van der Waals surface area contributed by atoms with Gasteiger partial charge < -0.3 is 5.32 Å². The van der Waals surface area contributed by atoms with Crippen LogP contribution in [0.15, 0.2) is 24.5 Å². The van der Waals surface area contributed by atoms with E-state index in [1.54, 1.807) is 17.5 Å². The van der Waals surface area contributed by atoms with Crippen LogP contribution in [0.5, 0.6) is 0 Å². The van der Waals surface area contributed by atoms with Gasteiger partial charge in [-0.25, -0.2) is 9.97 Å². The Labute approximate surface area is 108 Å². The van der Waals surface area contributed by atoms with Crippen molar-refractivity contribution in [2.45, 2.75) is 6.42 Å². The topological polar surface area (TPSA) is 61.6 Å². The molecule has 2 rings (SSSR count). The van der Waals surface area contributed by atoms with Crippen molar-refractivity contribution in [1.82, 2.24) is 9.97 Å². The SMILES string of the molecule is N#Cc1nccnc1NCCc1ccc(Cl)s1. The Morgan fingerprint density at radius 2 is 2.18 bits per heavy atom. The van der Waals surface area contributed by atoms with E-state index in [-0.39, 0.29) is 0 Å². The molecule has 6 heteroatoms. The highest BCUT2D eigenvalue weighted by molar-refractivity contribution is 7.16. The van der Waals surface area contributed by atoms with E-state index >= 15 is 0 Å². The molecule has 2 aromatic rings. The summed E-state index contributed by atoms with van der Waals surface area (Å²) in [7, 11) is 0. The van der Waals surface area contributed by atoms with Crippen LogP contribution in [0, 0.1) is 11.3 Å². The number of halogens is 1. The molecule has 17 heavy (non-hydrogen) atoms. The van der Waals surface area contributed by atoms with Crippen LogP contribution in [0.4, 0.5) is 5.82 Å². The summed E-state index contributed by atoms with van der Waals surface area (Å²) in [6, 6.07) is 5.87. The molecule has 0 radical (unpaired) electrons. The van der Waals surface area contributed by atoms with E-state index in [1.807, 2.05) is 18.2 Å². The van der Waals surface area contributed by atoms with Crippen molar-refractivity contribution in [2.24, 2.45) is 0 Å². The van der Waals surface area contributed by atoms with Crippen LogP contribution >= 0.6 is 22.9 Å². The molecule has 0 aliphatic carbocycles. The molecule has 1 N–H and O–H groups in total. The number of hydrogen-bond acceptors (Lipinski definition) is 5. The smallest absolute Gasteiger partial charge is 0.182 e. The Kier molecular flexibility index (Phi) is 3.91. The predicted molar refractivity (Wildman–Crippen MR) is 68.3 cm³/mol. The molecule has 86 valence electrons. The molecule has 4 nitrogen and oxygen atoms in total. The molecule has 2 heterocycles. The fraction of sp³-hybridized carbons (Fsp3) is 0.182. The molecule has 0 aliphatic rings. The molecule has 0 atom stereocenters. The van der Waals surface area contributed by atoms with E-state index in [1.165, 1.54) is 11.1 Å². The Balaban J connectivity index is 1.92. The van der Waals surface area contributed by atoms with Crippen LogP contribution in [0.1, 0.15) is 10.6 Å². The number of hydrogen-bond donors (Lipinski definition) is 1. The average molecular weight is 265 g/mol. The van der Waals surface area contributed by atoms with Crippen LogP contribution in [-0.2, 0) is 6.42 Å². The zero-order chi connectivity index (χ0) is 12.1. The van der Waals surface area contributed by atoms with Gasteiger partial charge >= 0.3 is 0 Å². The highest BCUT2D eigenvalue weighted by Gasteiger charge is 2.03. The number of nitrogens with zero attached hydrogens (tertiary/aromatic N) is 3. The van der Waals surface area contributed by atoms with E-state index in [0.29, 0.717) is 18.1 Å². The van der Waals surface area contributed by atoms with Crippen molar-refractivity contribution in [2.75, 3.05) is 11.9 Å². The molecule has 0 fully saturated rings. The minimum Gasteiger partial charge on any atom is -0.367 e. The zero-order valence-corrected chi connectivity index (χ0v) is 10.4. The van der Waals surface area contributed by atoms with Crippen molar-refractivity contribution >= 4 is 28.8 Å². The molecule has 2 aromatic heterocycles. The maximum Gasteiger partial charge on any atom is 0.182 e. The molecular formula is C11H9ClN4S. The lowest BCUT2D eigenvalue weighted by atomic mass is 10.3. The van der Waals surface area contributed by atoms with Crippen LogP contribution in [0.25, 0.3) is 0 Å². The third kappa shape index (κ3) is 3.16. The molecule has 0 saturated heterocycles. The lowest BCUT2D eigenvalue weighted by molar-refractivity contribution is 1.01. The van der Waals surface area contributed by atoms with Crippen LogP contribution < -0.4 is 5.32 Å². The van der Waals surface area contributed by atoms with Crippen LogP contribution in [0.3, 0.4) is 0 Å². The Morgan fingerprint density at radius 1 is 1.35 bits per heavy atom. The van der Waals surface area contributed by atoms with Crippen molar-refractivity contribution < 1.29 is 0 Å². The highest BCUT2D eigenvalue weighted by Crippen LogP contribution is 2.21. The fourth-order valence-electron chi connectivity index (χ4n) is 1.34. The first-order valence-corrected chi connectivity index (χ1v) is 6.18. The van der Waals surface area contributed by atoms with Crippen molar-refractivity contribution in [3.8, 4) is 6.07 Å². The van der Waals surface area contributed by atoms with Gasteiger partial charge in [0.1, 0.15) is 6.07 Å². The summed E-state index contributed by atoms with van der Waals surface area (Å²) in [6.07, 6.45) is 3.91. The number of rotatable bonds is 4. The summed E-state index contributed by atoms with van der Waals surface area (Å²) in [4.78, 5) is 9.19. The molecule has 0 aromatic carbocycles. The van der Waals surface area contributed by atoms with Gasteiger partial charge in [0.15, 0.2) is 11.5 Å². The number of nitriles is 1. The zero-order valence-electron chi connectivity index (χ0n) is 8.85. The lowest BCUT2D eigenvalue weighted by Gasteiger charge is -2.04. The van der Waals surface area contributed by atoms with Gasteiger partial charge in [0, 0.05) is 23.8 Å². The minimum absolute atomic E-state index is 0.316. The van der Waals surface area contributed by atoms with Gasteiger partial charge in [-0.1, -0.05) is 11.6 Å². The number of aromatic nitrogens is 2. The Hall–Kier alpha value is -1.64. The standard InChI is InChI=1S/C11H9ClN4S/c12-10-2-1-8(17-10)3-4-15-11-9(7-13)14-5-6-16-11/h1-2,5-6H,3-4H2,(H,15,16). The lowest BCUT2D eigenvalue weighted by Crippen LogP contribution is -2.07. The van der Waals surface area contributed by atoms with E-state index in [9.17, 15) is 0 Å². The minimum atomic E-state index is 0.316. The molecule has 0 unspecified atom stereocenters. The largest absolute Gasteiger partial charge is 0.367 e. The summed E-state index contributed by atoms with van der Waals surface area (Å²) in [6.45, 7) is 0.699. The predicted octanol–water partition coefficient (Wildman–Crippen LogP) is 2.72. The second-order valence-electron chi connectivity index (χ2n) is 3.25.